The molecule has 0 aliphatic carbocycles. The molecule has 0 fully saturated rings. The normalized spacial score (nSPS) is 9.78. The SMILES string of the molecule is C#CCCCCNCC(=O)Nc1ccc(Cl)cc1. The minimum atomic E-state index is -0.0609. The molecule has 1 aromatic rings. The van der Waals surface area contributed by atoms with Crippen molar-refractivity contribution in [2.75, 3.05) is 18.4 Å². The number of anilines is 1. The molecule has 0 aliphatic heterocycles. The number of halogens is 1. The minimum Gasteiger partial charge on any atom is -0.325 e. The molecule has 1 aromatic carbocycles. The van der Waals surface area contributed by atoms with Crippen molar-refractivity contribution < 1.29 is 4.79 Å². The maximum atomic E-state index is 11.5. The van der Waals surface area contributed by atoms with E-state index in [1.54, 1.807) is 24.3 Å². The Morgan fingerprint density at radius 2 is 2.00 bits per heavy atom. The van der Waals surface area contributed by atoms with E-state index in [2.05, 4.69) is 16.6 Å². The predicted octanol–water partition coefficient (Wildman–Crippen LogP) is 2.67. The van der Waals surface area contributed by atoms with Crippen LogP contribution in [0.2, 0.25) is 5.02 Å². The van der Waals surface area contributed by atoms with Crippen LogP contribution in [0.4, 0.5) is 5.69 Å². The molecule has 3 nitrogen and oxygen atoms in total. The van der Waals surface area contributed by atoms with Gasteiger partial charge in [0.1, 0.15) is 0 Å². The van der Waals surface area contributed by atoms with Gasteiger partial charge in [-0.1, -0.05) is 11.6 Å². The van der Waals surface area contributed by atoms with E-state index in [0.29, 0.717) is 11.6 Å². The summed E-state index contributed by atoms with van der Waals surface area (Å²) >= 11 is 5.75. The molecule has 0 saturated carbocycles. The van der Waals surface area contributed by atoms with Crippen molar-refractivity contribution in [3.63, 3.8) is 0 Å². The molecular weight excluding hydrogens is 248 g/mol. The molecule has 0 aromatic heterocycles. The second-order valence-corrected chi connectivity index (χ2v) is 4.33. The molecular formula is C14H17ClN2O. The van der Waals surface area contributed by atoms with Crippen molar-refractivity contribution >= 4 is 23.2 Å². The van der Waals surface area contributed by atoms with E-state index in [-0.39, 0.29) is 5.91 Å². The van der Waals surface area contributed by atoms with Crippen molar-refractivity contribution in [3.8, 4) is 12.3 Å². The maximum Gasteiger partial charge on any atom is 0.238 e. The van der Waals surface area contributed by atoms with E-state index in [1.165, 1.54) is 0 Å². The third-order valence-corrected chi connectivity index (χ3v) is 2.59. The number of nitrogens with one attached hydrogen (secondary N) is 2. The van der Waals surface area contributed by atoms with Gasteiger partial charge in [-0.25, -0.2) is 0 Å². The van der Waals surface area contributed by atoms with Crippen LogP contribution in [0.15, 0.2) is 24.3 Å². The molecule has 0 unspecified atom stereocenters. The standard InChI is InChI=1S/C14H17ClN2O/c1-2-3-4-5-10-16-11-14(18)17-13-8-6-12(15)7-9-13/h1,6-9,16H,3-5,10-11H2,(H,17,18). The van der Waals surface area contributed by atoms with Crippen LogP contribution in [0.5, 0.6) is 0 Å². The molecule has 0 bridgehead atoms. The Morgan fingerprint density at radius 3 is 2.67 bits per heavy atom. The van der Waals surface area contributed by atoms with Gasteiger partial charge in [-0.05, 0) is 43.7 Å². The highest BCUT2D eigenvalue weighted by Crippen LogP contribution is 2.12. The highest BCUT2D eigenvalue weighted by Gasteiger charge is 2.01. The van der Waals surface area contributed by atoms with E-state index in [0.717, 1.165) is 31.5 Å². The number of benzene rings is 1. The number of hydrogen-bond acceptors (Lipinski definition) is 2. The highest BCUT2D eigenvalue weighted by molar-refractivity contribution is 6.30. The lowest BCUT2D eigenvalue weighted by atomic mass is 10.2. The first kappa shape index (κ1) is 14.6. The summed E-state index contributed by atoms with van der Waals surface area (Å²) in [7, 11) is 0. The Morgan fingerprint density at radius 1 is 1.28 bits per heavy atom. The topological polar surface area (TPSA) is 41.1 Å². The molecule has 0 radical (unpaired) electrons. The number of carbonyl (C=O) groups is 1. The van der Waals surface area contributed by atoms with E-state index >= 15 is 0 Å². The quantitative estimate of drug-likeness (QED) is 0.587. The summed E-state index contributed by atoms with van der Waals surface area (Å²) in [6.07, 6.45) is 7.91. The largest absolute Gasteiger partial charge is 0.325 e. The van der Waals surface area contributed by atoms with Gasteiger partial charge in [0, 0.05) is 17.1 Å². The summed E-state index contributed by atoms with van der Waals surface area (Å²) in [4.78, 5) is 11.5. The Labute approximate surface area is 113 Å². The number of carbonyl (C=O) groups excluding carboxylic acids is 1. The molecule has 1 rings (SSSR count). The molecule has 0 aliphatic rings. The monoisotopic (exact) mass is 264 g/mol. The van der Waals surface area contributed by atoms with Crippen LogP contribution in [0.25, 0.3) is 0 Å². The number of rotatable bonds is 7. The van der Waals surface area contributed by atoms with Gasteiger partial charge < -0.3 is 10.6 Å². The second-order valence-electron chi connectivity index (χ2n) is 3.89. The molecule has 0 spiro atoms. The Bertz CT molecular complexity index is 409. The summed E-state index contributed by atoms with van der Waals surface area (Å²) in [6, 6.07) is 7.02. The Balaban J connectivity index is 2.14. The van der Waals surface area contributed by atoms with Crippen LogP contribution in [0, 0.1) is 12.3 Å². The zero-order chi connectivity index (χ0) is 13.2. The zero-order valence-electron chi connectivity index (χ0n) is 10.2. The number of terminal acetylenes is 1. The molecule has 96 valence electrons. The summed E-state index contributed by atoms with van der Waals surface area (Å²) < 4.78 is 0. The minimum absolute atomic E-state index is 0.0609. The first-order valence-corrected chi connectivity index (χ1v) is 6.30. The summed E-state index contributed by atoms with van der Waals surface area (Å²) in [6.45, 7) is 1.11. The van der Waals surface area contributed by atoms with Crippen molar-refractivity contribution in [1.29, 1.82) is 0 Å². The maximum absolute atomic E-state index is 11.5. The van der Waals surface area contributed by atoms with Crippen molar-refractivity contribution in [2.45, 2.75) is 19.3 Å². The fourth-order valence-corrected chi connectivity index (χ4v) is 1.54. The third kappa shape index (κ3) is 6.29. The van der Waals surface area contributed by atoms with Gasteiger partial charge in [0.2, 0.25) is 5.91 Å². The van der Waals surface area contributed by atoms with Crippen LogP contribution in [-0.4, -0.2) is 19.0 Å². The fourth-order valence-electron chi connectivity index (χ4n) is 1.42. The van der Waals surface area contributed by atoms with Gasteiger partial charge >= 0.3 is 0 Å². The predicted molar refractivity (Wildman–Crippen MR) is 75.6 cm³/mol. The van der Waals surface area contributed by atoms with Gasteiger partial charge in [0.15, 0.2) is 0 Å². The Hall–Kier alpha value is -1.50. The molecule has 0 atom stereocenters. The average molecular weight is 265 g/mol. The van der Waals surface area contributed by atoms with Crippen LogP contribution in [-0.2, 0) is 4.79 Å². The molecule has 1 amide bonds. The lowest BCUT2D eigenvalue weighted by molar-refractivity contribution is -0.115. The van der Waals surface area contributed by atoms with Gasteiger partial charge in [0.25, 0.3) is 0 Å². The molecule has 18 heavy (non-hydrogen) atoms. The first-order chi connectivity index (χ1) is 8.72. The van der Waals surface area contributed by atoms with Gasteiger partial charge in [-0.3, -0.25) is 4.79 Å². The van der Waals surface area contributed by atoms with Crippen molar-refractivity contribution in [1.82, 2.24) is 5.32 Å². The van der Waals surface area contributed by atoms with Crippen LogP contribution in [0.1, 0.15) is 19.3 Å². The van der Waals surface area contributed by atoms with Crippen molar-refractivity contribution in [3.05, 3.63) is 29.3 Å². The smallest absolute Gasteiger partial charge is 0.238 e. The van der Waals surface area contributed by atoms with Crippen LogP contribution in [0.3, 0.4) is 0 Å². The van der Waals surface area contributed by atoms with E-state index in [4.69, 9.17) is 18.0 Å². The number of hydrogen-bond donors (Lipinski definition) is 2. The molecule has 2 N–H and O–H groups in total. The fraction of sp³-hybridized carbons (Fsp3) is 0.357. The summed E-state index contributed by atoms with van der Waals surface area (Å²) in [5.41, 5.74) is 0.749. The van der Waals surface area contributed by atoms with Gasteiger partial charge in [-0.15, -0.1) is 12.3 Å². The van der Waals surface area contributed by atoms with E-state index < -0.39 is 0 Å². The zero-order valence-corrected chi connectivity index (χ0v) is 11.0. The second kappa shape index (κ2) is 8.57. The third-order valence-electron chi connectivity index (χ3n) is 2.34. The first-order valence-electron chi connectivity index (χ1n) is 5.92. The molecule has 0 saturated heterocycles. The van der Waals surface area contributed by atoms with E-state index in [1.807, 2.05) is 0 Å². The summed E-state index contributed by atoms with van der Waals surface area (Å²) in [5.74, 6) is 2.53. The van der Waals surface area contributed by atoms with Crippen LogP contribution >= 0.6 is 11.6 Å². The molecule has 0 heterocycles. The van der Waals surface area contributed by atoms with Crippen LogP contribution < -0.4 is 10.6 Å². The average Bonchev–Trinajstić information content (AvgIpc) is 2.36. The van der Waals surface area contributed by atoms with Gasteiger partial charge in [0.05, 0.1) is 6.54 Å². The van der Waals surface area contributed by atoms with E-state index in [9.17, 15) is 4.79 Å². The lowest BCUT2D eigenvalue weighted by Gasteiger charge is -2.06. The number of unbranched alkanes of at least 4 members (excludes halogenated alkanes) is 2. The molecule has 4 heteroatoms. The lowest BCUT2D eigenvalue weighted by Crippen LogP contribution is -2.28. The van der Waals surface area contributed by atoms with Crippen molar-refractivity contribution in [2.24, 2.45) is 0 Å². The number of amides is 1. The Kier molecular flexibility index (Phi) is 6.93. The van der Waals surface area contributed by atoms with Gasteiger partial charge in [-0.2, -0.15) is 0 Å². The summed E-state index contributed by atoms with van der Waals surface area (Å²) in [5, 5.41) is 6.50. The highest BCUT2D eigenvalue weighted by atomic mass is 35.5.